The summed E-state index contributed by atoms with van der Waals surface area (Å²) < 4.78 is 8.68. The fourth-order valence-corrected chi connectivity index (χ4v) is 3.28. The van der Waals surface area contributed by atoms with Crippen LogP contribution in [0.15, 0.2) is 10.7 Å². The molecule has 1 aromatic rings. The number of methoxy groups -OCH3 is 1. The summed E-state index contributed by atoms with van der Waals surface area (Å²) in [6.07, 6.45) is 7.26. The number of nitrogens with two attached hydrogens (primary N) is 1. The van der Waals surface area contributed by atoms with E-state index in [9.17, 15) is 0 Å². The highest BCUT2D eigenvalue weighted by molar-refractivity contribution is 9.10. The van der Waals surface area contributed by atoms with Gasteiger partial charge in [0.1, 0.15) is 0 Å². The van der Waals surface area contributed by atoms with Gasteiger partial charge < -0.3 is 10.5 Å². The quantitative estimate of drug-likeness (QED) is 0.878. The van der Waals surface area contributed by atoms with Gasteiger partial charge >= 0.3 is 0 Å². The third-order valence-corrected chi connectivity index (χ3v) is 4.52. The average molecular weight is 316 g/mol. The standard InChI is InChI=1S/C13H22BrN3O/c1-3-7-17-12(10(14)9-16-17)11(15)8-13(18-2)5-4-6-13/h9,11H,3-8,15H2,1-2H3. The van der Waals surface area contributed by atoms with Crippen molar-refractivity contribution < 1.29 is 4.74 Å². The third kappa shape index (κ3) is 2.63. The van der Waals surface area contributed by atoms with Crippen molar-refractivity contribution in [1.82, 2.24) is 9.78 Å². The number of hydrogen-bond donors (Lipinski definition) is 1. The van der Waals surface area contributed by atoms with E-state index in [1.54, 1.807) is 7.11 Å². The summed E-state index contributed by atoms with van der Waals surface area (Å²) in [6, 6.07) is -0.0197. The van der Waals surface area contributed by atoms with Crippen LogP contribution in [0.1, 0.15) is 50.8 Å². The molecule has 18 heavy (non-hydrogen) atoms. The zero-order valence-corrected chi connectivity index (χ0v) is 12.7. The van der Waals surface area contributed by atoms with Crippen molar-refractivity contribution in [2.24, 2.45) is 5.73 Å². The van der Waals surface area contributed by atoms with Crippen molar-refractivity contribution in [3.8, 4) is 0 Å². The van der Waals surface area contributed by atoms with Crippen LogP contribution in [0.2, 0.25) is 0 Å². The lowest BCUT2D eigenvalue weighted by Crippen LogP contribution is -2.42. The Labute approximate surface area is 117 Å². The molecular weight excluding hydrogens is 294 g/mol. The monoisotopic (exact) mass is 315 g/mol. The number of hydrogen-bond acceptors (Lipinski definition) is 3. The molecule has 4 nitrogen and oxygen atoms in total. The number of nitrogens with zero attached hydrogens (tertiary/aromatic N) is 2. The predicted molar refractivity (Wildman–Crippen MR) is 75.4 cm³/mol. The molecule has 0 amide bonds. The molecule has 1 heterocycles. The molecule has 5 heteroatoms. The van der Waals surface area contributed by atoms with Gasteiger partial charge in [-0.15, -0.1) is 0 Å². The average Bonchev–Trinajstić information content (AvgIpc) is 2.66. The van der Waals surface area contributed by atoms with Crippen LogP contribution < -0.4 is 5.73 Å². The zero-order valence-electron chi connectivity index (χ0n) is 11.2. The van der Waals surface area contributed by atoms with Crippen LogP contribution in [0.25, 0.3) is 0 Å². The maximum Gasteiger partial charge on any atom is 0.0697 e. The number of halogens is 1. The van der Waals surface area contributed by atoms with Gasteiger partial charge in [-0.2, -0.15) is 5.10 Å². The van der Waals surface area contributed by atoms with E-state index < -0.39 is 0 Å². The topological polar surface area (TPSA) is 53.1 Å². The van der Waals surface area contributed by atoms with E-state index in [0.29, 0.717) is 0 Å². The van der Waals surface area contributed by atoms with Crippen molar-refractivity contribution in [3.63, 3.8) is 0 Å². The SMILES string of the molecule is CCCn1ncc(Br)c1C(N)CC1(OC)CCC1. The summed E-state index contributed by atoms with van der Waals surface area (Å²) in [7, 11) is 1.80. The predicted octanol–water partition coefficient (Wildman–Crippen LogP) is 3.01. The molecule has 2 rings (SSSR count). The van der Waals surface area contributed by atoms with Gasteiger partial charge in [-0.25, -0.2) is 0 Å². The van der Waals surface area contributed by atoms with E-state index >= 15 is 0 Å². The second-order valence-corrected chi connectivity index (χ2v) is 6.01. The van der Waals surface area contributed by atoms with Gasteiger partial charge in [-0.1, -0.05) is 6.92 Å². The molecule has 0 spiro atoms. The molecular formula is C13H22BrN3O. The molecule has 1 atom stereocenters. The van der Waals surface area contributed by atoms with Gasteiger partial charge in [0.05, 0.1) is 28.0 Å². The minimum Gasteiger partial charge on any atom is -0.378 e. The van der Waals surface area contributed by atoms with E-state index in [0.717, 1.165) is 42.4 Å². The highest BCUT2D eigenvalue weighted by atomic mass is 79.9. The van der Waals surface area contributed by atoms with E-state index in [-0.39, 0.29) is 11.6 Å². The fourth-order valence-electron chi connectivity index (χ4n) is 2.69. The minimum absolute atomic E-state index is 0.000170. The van der Waals surface area contributed by atoms with Gasteiger partial charge in [-0.3, -0.25) is 4.68 Å². The van der Waals surface area contributed by atoms with Crippen molar-refractivity contribution in [3.05, 3.63) is 16.4 Å². The summed E-state index contributed by atoms with van der Waals surface area (Å²) in [5.74, 6) is 0. The molecule has 0 bridgehead atoms. The first-order chi connectivity index (χ1) is 8.62. The van der Waals surface area contributed by atoms with Crippen LogP contribution in [0.4, 0.5) is 0 Å². The normalized spacial score (nSPS) is 19.6. The lowest BCUT2D eigenvalue weighted by atomic mass is 9.75. The molecule has 1 aliphatic rings. The third-order valence-electron chi connectivity index (χ3n) is 3.91. The first-order valence-corrected chi connectivity index (χ1v) is 7.43. The van der Waals surface area contributed by atoms with Crippen LogP contribution in [-0.2, 0) is 11.3 Å². The Morgan fingerprint density at radius 2 is 2.33 bits per heavy atom. The highest BCUT2D eigenvalue weighted by Gasteiger charge is 2.39. The van der Waals surface area contributed by atoms with Gasteiger partial charge in [0.15, 0.2) is 0 Å². The summed E-state index contributed by atoms with van der Waals surface area (Å²) in [5.41, 5.74) is 7.47. The maximum atomic E-state index is 6.37. The van der Waals surface area contributed by atoms with Crippen molar-refractivity contribution in [2.45, 2.75) is 57.2 Å². The van der Waals surface area contributed by atoms with Crippen molar-refractivity contribution in [1.29, 1.82) is 0 Å². The second kappa shape index (κ2) is 5.72. The van der Waals surface area contributed by atoms with Crippen molar-refractivity contribution >= 4 is 15.9 Å². The Hall–Kier alpha value is -0.390. The number of aryl methyl sites for hydroxylation is 1. The second-order valence-electron chi connectivity index (χ2n) is 5.15. The molecule has 102 valence electrons. The highest BCUT2D eigenvalue weighted by Crippen LogP contribution is 2.42. The molecule has 1 aliphatic carbocycles. The molecule has 0 saturated heterocycles. The molecule has 1 unspecified atom stereocenters. The Balaban J connectivity index is 2.12. The summed E-state index contributed by atoms with van der Waals surface area (Å²) in [4.78, 5) is 0. The zero-order chi connectivity index (χ0) is 13.2. The fraction of sp³-hybridized carbons (Fsp3) is 0.769. The summed E-state index contributed by atoms with van der Waals surface area (Å²) >= 11 is 3.55. The number of rotatable bonds is 6. The van der Waals surface area contributed by atoms with Crippen LogP contribution in [-0.4, -0.2) is 22.5 Å². The van der Waals surface area contributed by atoms with Crippen LogP contribution in [0, 0.1) is 0 Å². The summed E-state index contributed by atoms with van der Waals surface area (Å²) in [5, 5.41) is 4.38. The molecule has 0 aromatic carbocycles. The molecule has 1 fully saturated rings. The van der Waals surface area contributed by atoms with Gasteiger partial charge in [-0.05, 0) is 48.0 Å². The molecule has 2 N–H and O–H groups in total. The Morgan fingerprint density at radius 3 is 2.83 bits per heavy atom. The lowest BCUT2D eigenvalue weighted by Gasteiger charge is -2.42. The number of ether oxygens (including phenoxy) is 1. The lowest BCUT2D eigenvalue weighted by molar-refractivity contribution is -0.0821. The van der Waals surface area contributed by atoms with E-state index in [2.05, 4.69) is 28.0 Å². The van der Waals surface area contributed by atoms with Gasteiger partial charge in [0.2, 0.25) is 0 Å². The smallest absolute Gasteiger partial charge is 0.0697 e. The van der Waals surface area contributed by atoms with Crippen molar-refractivity contribution in [2.75, 3.05) is 7.11 Å². The molecule has 0 radical (unpaired) electrons. The van der Waals surface area contributed by atoms with Gasteiger partial charge in [0.25, 0.3) is 0 Å². The molecule has 1 saturated carbocycles. The Morgan fingerprint density at radius 1 is 1.61 bits per heavy atom. The van der Waals surface area contributed by atoms with E-state index in [1.165, 1.54) is 6.42 Å². The van der Waals surface area contributed by atoms with Gasteiger partial charge in [0, 0.05) is 13.7 Å². The van der Waals surface area contributed by atoms with Crippen LogP contribution in [0.5, 0.6) is 0 Å². The van der Waals surface area contributed by atoms with E-state index in [1.807, 2.05) is 10.9 Å². The summed E-state index contributed by atoms with van der Waals surface area (Å²) in [6.45, 7) is 3.06. The first-order valence-electron chi connectivity index (χ1n) is 6.64. The molecule has 1 aromatic heterocycles. The Kier molecular flexibility index (Phi) is 4.45. The van der Waals surface area contributed by atoms with Crippen LogP contribution >= 0.6 is 15.9 Å². The van der Waals surface area contributed by atoms with Crippen LogP contribution in [0.3, 0.4) is 0 Å². The maximum absolute atomic E-state index is 6.37. The largest absolute Gasteiger partial charge is 0.378 e. The minimum atomic E-state index is -0.0197. The first kappa shape index (κ1) is 14.0. The van der Waals surface area contributed by atoms with E-state index in [4.69, 9.17) is 10.5 Å². The number of aromatic nitrogens is 2. The molecule has 0 aliphatic heterocycles. The Bertz CT molecular complexity index is 395.